The van der Waals surface area contributed by atoms with Gasteiger partial charge in [0.05, 0.1) is 0 Å². The first-order valence-corrected chi connectivity index (χ1v) is 5.12. The van der Waals surface area contributed by atoms with Crippen LogP contribution in [0.3, 0.4) is 0 Å². The summed E-state index contributed by atoms with van der Waals surface area (Å²) in [5, 5.41) is 2.09. The van der Waals surface area contributed by atoms with Crippen LogP contribution in [0.25, 0.3) is 17.7 Å². The van der Waals surface area contributed by atoms with Gasteiger partial charge in [0.15, 0.2) is 0 Å². The van der Waals surface area contributed by atoms with Crippen LogP contribution < -0.4 is 10.7 Å². The van der Waals surface area contributed by atoms with Gasteiger partial charge in [-0.2, -0.15) is 0 Å². The van der Waals surface area contributed by atoms with Crippen molar-refractivity contribution in [2.45, 2.75) is 6.92 Å². The maximum absolute atomic E-state index is 4.05. The average Bonchev–Trinajstić information content (AvgIpc) is 2.80. The fourth-order valence-corrected chi connectivity index (χ4v) is 2.08. The summed E-state index contributed by atoms with van der Waals surface area (Å²) in [5.41, 5.74) is 4.62. The van der Waals surface area contributed by atoms with E-state index >= 15 is 0 Å². The molecule has 3 heteroatoms. The van der Waals surface area contributed by atoms with Gasteiger partial charge in [-0.25, -0.2) is 9.97 Å². The molecule has 0 spiro atoms. The van der Waals surface area contributed by atoms with Crippen LogP contribution >= 0.6 is 0 Å². The quantitative estimate of drug-likeness (QED) is 0.756. The third kappa shape index (κ3) is 1.21. The molecule has 1 N–H and O–H groups in total. The topological polar surface area (TPSA) is 41.6 Å². The predicted octanol–water partition coefficient (Wildman–Crippen LogP) is 0.831. The van der Waals surface area contributed by atoms with Crippen LogP contribution in [-0.4, -0.2) is 15.0 Å². The highest BCUT2D eigenvalue weighted by Gasteiger charge is 2.15. The first-order chi connectivity index (χ1) is 7.75. The number of H-pyrrole nitrogens is 1. The minimum atomic E-state index is 0.937. The Morgan fingerprint density at radius 3 is 2.75 bits per heavy atom. The number of aromatic nitrogens is 3. The number of hydrogen-bond acceptors (Lipinski definition) is 2. The van der Waals surface area contributed by atoms with Crippen LogP contribution in [0.5, 0.6) is 0 Å². The molecule has 2 heterocycles. The molecule has 0 amide bonds. The summed E-state index contributed by atoms with van der Waals surface area (Å²) in [6.45, 7) is 6.01. The lowest BCUT2D eigenvalue weighted by Gasteiger charge is -2.00. The van der Waals surface area contributed by atoms with E-state index in [1.807, 2.05) is 12.4 Å². The van der Waals surface area contributed by atoms with E-state index in [9.17, 15) is 0 Å². The van der Waals surface area contributed by atoms with E-state index in [0.717, 1.165) is 16.3 Å². The minimum absolute atomic E-state index is 0.937. The standard InChI is InChI=1S/C13H11N3/c1-8-3-11(10-5-14-7-15-6-10)12-4-9(2)16-13(8)12/h3-7,16H,2H2,1H3. The predicted molar refractivity (Wildman–Crippen MR) is 63.8 cm³/mol. The van der Waals surface area contributed by atoms with E-state index in [0.29, 0.717) is 0 Å². The summed E-state index contributed by atoms with van der Waals surface area (Å²) in [5.74, 6) is 0. The Labute approximate surface area is 92.9 Å². The maximum atomic E-state index is 4.05. The van der Waals surface area contributed by atoms with Crippen molar-refractivity contribution in [2.75, 3.05) is 0 Å². The van der Waals surface area contributed by atoms with Crippen molar-refractivity contribution in [3.63, 3.8) is 0 Å². The van der Waals surface area contributed by atoms with Crippen molar-refractivity contribution in [1.29, 1.82) is 0 Å². The number of nitrogens with one attached hydrogen (secondary N) is 1. The third-order valence-corrected chi connectivity index (χ3v) is 2.79. The molecule has 78 valence electrons. The number of fused-ring (bicyclic) bond motifs is 1. The summed E-state index contributed by atoms with van der Waals surface area (Å²) >= 11 is 0. The van der Waals surface area contributed by atoms with Crippen molar-refractivity contribution in [3.8, 4) is 0 Å². The van der Waals surface area contributed by atoms with Crippen molar-refractivity contribution in [3.05, 3.63) is 52.7 Å². The molecule has 0 saturated carbocycles. The Morgan fingerprint density at radius 2 is 2.00 bits per heavy atom. The van der Waals surface area contributed by atoms with Gasteiger partial charge in [-0.15, -0.1) is 0 Å². The zero-order valence-corrected chi connectivity index (χ0v) is 8.99. The molecule has 1 aliphatic carbocycles. The molecular weight excluding hydrogens is 198 g/mol. The lowest BCUT2D eigenvalue weighted by molar-refractivity contribution is 1.15. The van der Waals surface area contributed by atoms with Gasteiger partial charge >= 0.3 is 0 Å². The van der Waals surface area contributed by atoms with Gasteiger partial charge in [-0.3, -0.25) is 0 Å². The summed E-state index contributed by atoms with van der Waals surface area (Å²) in [4.78, 5) is 11.4. The van der Waals surface area contributed by atoms with Crippen LogP contribution in [-0.2, 0) is 0 Å². The van der Waals surface area contributed by atoms with Crippen molar-refractivity contribution >= 4 is 17.7 Å². The van der Waals surface area contributed by atoms with Crippen LogP contribution in [0.4, 0.5) is 0 Å². The Morgan fingerprint density at radius 1 is 1.25 bits per heavy atom. The van der Waals surface area contributed by atoms with Crippen LogP contribution in [0.2, 0.25) is 0 Å². The molecule has 3 rings (SSSR count). The third-order valence-electron chi connectivity index (χ3n) is 2.79. The zero-order chi connectivity index (χ0) is 11.1. The second-order valence-corrected chi connectivity index (χ2v) is 3.95. The molecule has 0 fully saturated rings. The lowest BCUT2D eigenvalue weighted by Crippen LogP contribution is -2.09. The van der Waals surface area contributed by atoms with E-state index in [2.05, 4.69) is 40.6 Å². The van der Waals surface area contributed by atoms with Gasteiger partial charge in [0.25, 0.3) is 0 Å². The van der Waals surface area contributed by atoms with E-state index in [1.54, 1.807) is 6.33 Å². The largest absolute Gasteiger partial charge is 0.355 e. The number of nitrogens with zero attached hydrogens (tertiary/aromatic N) is 2. The van der Waals surface area contributed by atoms with Gasteiger partial charge in [0.2, 0.25) is 0 Å². The summed E-state index contributed by atoms with van der Waals surface area (Å²) in [6.07, 6.45) is 7.35. The molecule has 0 saturated heterocycles. The second-order valence-electron chi connectivity index (χ2n) is 3.95. The van der Waals surface area contributed by atoms with E-state index in [1.165, 1.54) is 16.7 Å². The normalized spacial score (nSPS) is 13.8. The van der Waals surface area contributed by atoms with Crippen molar-refractivity contribution < 1.29 is 0 Å². The molecule has 2 aromatic rings. The number of hydrogen-bond donors (Lipinski definition) is 1. The SMILES string of the molecule is C=c1cc2c([nH]1)=C(C)C=C2c1cncnc1. The monoisotopic (exact) mass is 209 g/mol. The lowest BCUT2D eigenvalue weighted by atomic mass is 10.1. The van der Waals surface area contributed by atoms with E-state index in [-0.39, 0.29) is 0 Å². The van der Waals surface area contributed by atoms with Gasteiger partial charge in [0, 0.05) is 34.2 Å². The Balaban J connectivity index is 2.23. The number of rotatable bonds is 1. The highest BCUT2D eigenvalue weighted by atomic mass is 14.8. The first-order valence-electron chi connectivity index (χ1n) is 5.12. The highest BCUT2D eigenvalue weighted by Crippen LogP contribution is 2.24. The van der Waals surface area contributed by atoms with Crippen LogP contribution in [0.15, 0.2) is 30.9 Å². The summed E-state index contributed by atoms with van der Waals surface area (Å²) in [6, 6.07) is 2.06. The molecule has 2 aromatic heterocycles. The highest BCUT2D eigenvalue weighted by molar-refractivity contribution is 5.90. The zero-order valence-electron chi connectivity index (χ0n) is 8.99. The van der Waals surface area contributed by atoms with Crippen LogP contribution in [0, 0.1) is 0 Å². The molecule has 0 aliphatic heterocycles. The van der Waals surface area contributed by atoms with Gasteiger partial charge in [0.1, 0.15) is 6.33 Å². The average molecular weight is 209 g/mol. The summed E-state index contributed by atoms with van der Waals surface area (Å²) < 4.78 is 0. The first kappa shape index (κ1) is 9.09. The van der Waals surface area contributed by atoms with Crippen molar-refractivity contribution in [1.82, 2.24) is 15.0 Å². The molecule has 0 aromatic carbocycles. The molecule has 1 aliphatic rings. The van der Waals surface area contributed by atoms with Gasteiger partial charge in [-0.05, 0) is 30.2 Å². The molecule has 16 heavy (non-hydrogen) atoms. The Bertz CT molecular complexity index is 678. The fraction of sp³-hybridized carbons (Fsp3) is 0.0769. The second kappa shape index (κ2) is 3.17. The van der Waals surface area contributed by atoms with E-state index < -0.39 is 0 Å². The smallest absolute Gasteiger partial charge is 0.115 e. The molecule has 0 bridgehead atoms. The Hall–Kier alpha value is -2.16. The molecular formula is C13H11N3. The maximum Gasteiger partial charge on any atom is 0.115 e. The number of allylic oxidation sites excluding steroid dienone is 1. The molecule has 0 atom stereocenters. The molecule has 0 radical (unpaired) electrons. The summed E-state index contributed by atoms with van der Waals surface area (Å²) in [7, 11) is 0. The van der Waals surface area contributed by atoms with E-state index in [4.69, 9.17) is 0 Å². The van der Waals surface area contributed by atoms with Gasteiger partial charge < -0.3 is 4.98 Å². The van der Waals surface area contributed by atoms with Crippen LogP contribution in [0.1, 0.15) is 18.1 Å². The molecule has 0 unspecified atom stereocenters. The van der Waals surface area contributed by atoms with Gasteiger partial charge in [-0.1, -0.05) is 6.58 Å². The Kier molecular flexibility index (Phi) is 1.80. The van der Waals surface area contributed by atoms with Crippen molar-refractivity contribution in [2.24, 2.45) is 0 Å². The molecule has 3 nitrogen and oxygen atoms in total. The number of aromatic amines is 1. The fourth-order valence-electron chi connectivity index (χ4n) is 2.08. The minimum Gasteiger partial charge on any atom is -0.355 e.